The van der Waals surface area contributed by atoms with Crippen LogP contribution in [0, 0.1) is 5.41 Å². The third-order valence-electron chi connectivity index (χ3n) is 3.53. The van der Waals surface area contributed by atoms with E-state index in [1.165, 1.54) is 5.56 Å². The number of rotatable bonds is 6. The van der Waals surface area contributed by atoms with Crippen LogP contribution in [0.5, 0.6) is 5.75 Å². The smallest absolute Gasteiger partial charge is 0.119 e. The maximum atomic E-state index is 9.36. The SMILES string of the molecule is COc1cccc(C(C)NCC2(CO)COC2)c1. The Kier molecular flexibility index (Phi) is 4.22. The summed E-state index contributed by atoms with van der Waals surface area (Å²) in [6.45, 7) is 4.33. The van der Waals surface area contributed by atoms with E-state index >= 15 is 0 Å². The lowest BCUT2D eigenvalue weighted by Gasteiger charge is -2.40. The molecule has 4 nitrogen and oxygen atoms in total. The van der Waals surface area contributed by atoms with Gasteiger partial charge in [0.05, 0.1) is 32.3 Å². The molecule has 0 amide bonds. The molecular formula is C14H21NO3. The zero-order chi connectivity index (χ0) is 13.0. The average molecular weight is 251 g/mol. The van der Waals surface area contributed by atoms with Crippen LogP contribution in [0.25, 0.3) is 0 Å². The van der Waals surface area contributed by atoms with Crippen LogP contribution in [-0.4, -0.2) is 38.6 Å². The van der Waals surface area contributed by atoms with Crippen molar-refractivity contribution >= 4 is 0 Å². The lowest BCUT2D eigenvalue weighted by Crippen LogP contribution is -2.52. The molecular weight excluding hydrogens is 230 g/mol. The second kappa shape index (κ2) is 5.69. The molecule has 18 heavy (non-hydrogen) atoms. The van der Waals surface area contributed by atoms with Gasteiger partial charge in [0.2, 0.25) is 0 Å². The molecule has 1 aliphatic rings. The summed E-state index contributed by atoms with van der Waals surface area (Å²) < 4.78 is 10.4. The largest absolute Gasteiger partial charge is 0.497 e. The van der Waals surface area contributed by atoms with Crippen LogP contribution in [0.2, 0.25) is 0 Å². The zero-order valence-electron chi connectivity index (χ0n) is 11.0. The highest BCUT2D eigenvalue weighted by Crippen LogP contribution is 2.27. The number of hydrogen-bond donors (Lipinski definition) is 2. The van der Waals surface area contributed by atoms with Crippen LogP contribution in [0.3, 0.4) is 0 Å². The van der Waals surface area contributed by atoms with E-state index in [1.54, 1.807) is 7.11 Å². The number of benzene rings is 1. The molecule has 1 aromatic carbocycles. The van der Waals surface area contributed by atoms with E-state index < -0.39 is 0 Å². The van der Waals surface area contributed by atoms with Crippen molar-refractivity contribution in [2.45, 2.75) is 13.0 Å². The lowest BCUT2D eigenvalue weighted by atomic mass is 9.86. The molecule has 1 saturated heterocycles. The molecule has 4 heteroatoms. The number of ether oxygens (including phenoxy) is 2. The number of hydrogen-bond acceptors (Lipinski definition) is 4. The van der Waals surface area contributed by atoms with Crippen molar-refractivity contribution in [3.63, 3.8) is 0 Å². The minimum Gasteiger partial charge on any atom is -0.497 e. The van der Waals surface area contributed by atoms with E-state index in [2.05, 4.69) is 18.3 Å². The van der Waals surface area contributed by atoms with Gasteiger partial charge in [-0.25, -0.2) is 0 Å². The molecule has 2 rings (SSSR count). The predicted molar refractivity (Wildman–Crippen MR) is 69.7 cm³/mol. The van der Waals surface area contributed by atoms with Crippen molar-refractivity contribution in [2.75, 3.05) is 33.5 Å². The fraction of sp³-hybridized carbons (Fsp3) is 0.571. The van der Waals surface area contributed by atoms with Crippen LogP contribution >= 0.6 is 0 Å². The lowest BCUT2D eigenvalue weighted by molar-refractivity contribution is -0.135. The predicted octanol–water partition coefficient (Wildman–Crippen LogP) is 1.35. The van der Waals surface area contributed by atoms with Crippen molar-refractivity contribution in [3.05, 3.63) is 29.8 Å². The topological polar surface area (TPSA) is 50.7 Å². The number of methoxy groups -OCH3 is 1. The first-order valence-corrected chi connectivity index (χ1v) is 6.25. The second-order valence-electron chi connectivity index (χ2n) is 5.03. The van der Waals surface area contributed by atoms with Crippen LogP contribution in [0.1, 0.15) is 18.5 Å². The Morgan fingerprint density at radius 3 is 2.83 bits per heavy atom. The Labute approximate surface area is 108 Å². The molecule has 0 saturated carbocycles. The highest BCUT2D eigenvalue weighted by atomic mass is 16.5. The molecule has 0 radical (unpaired) electrons. The van der Waals surface area contributed by atoms with Gasteiger partial charge in [0.15, 0.2) is 0 Å². The molecule has 100 valence electrons. The highest BCUT2D eigenvalue weighted by Gasteiger charge is 2.37. The van der Waals surface area contributed by atoms with E-state index in [4.69, 9.17) is 9.47 Å². The van der Waals surface area contributed by atoms with Gasteiger partial charge in [0.25, 0.3) is 0 Å². The fourth-order valence-electron chi connectivity index (χ4n) is 2.04. The van der Waals surface area contributed by atoms with Gasteiger partial charge in [-0.1, -0.05) is 12.1 Å². The van der Waals surface area contributed by atoms with Crippen molar-refractivity contribution < 1.29 is 14.6 Å². The number of aliphatic hydroxyl groups is 1. The van der Waals surface area contributed by atoms with E-state index in [0.29, 0.717) is 13.2 Å². The molecule has 1 aromatic rings. The quantitative estimate of drug-likeness (QED) is 0.801. The summed E-state index contributed by atoms with van der Waals surface area (Å²) in [6.07, 6.45) is 0. The summed E-state index contributed by atoms with van der Waals surface area (Å²) in [5, 5.41) is 12.8. The molecule has 0 aromatic heterocycles. The Balaban J connectivity index is 1.92. The normalized spacial score (nSPS) is 19.1. The summed E-state index contributed by atoms with van der Waals surface area (Å²) in [5.74, 6) is 0.866. The number of nitrogens with one attached hydrogen (secondary N) is 1. The maximum absolute atomic E-state index is 9.36. The molecule has 1 unspecified atom stereocenters. The minimum absolute atomic E-state index is 0.0902. The number of aliphatic hydroxyl groups excluding tert-OH is 1. The Hall–Kier alpha value is -1.10. The first-order valence-electron chi connectivity index (χ1n) is 6.25. The monoisotopic (exact) mass is 251 g/mol. The molecule has 1 fully saturated rings. The Morgan fingerprint density at radius 1 is 1.50 bits per heavy atom. The van der Waals surface area contributed by atoms with Gasteiger partial charge in [-0.3, -0.25) is 0 Å². The molecule has 1 aliphatic heterocycles. The van der Waals surface area contributed by atoms with Gasteiger partial charge >= 0.3 is 0 Å². The van der Waals surface area contributed by atoms with Gasteiger partial charge in [-0.15, -0.1) is 0 Å². The van der Waals surface area contributed by atoms with Gasteiger partial charge in [0, 0.05) is 12.6 Å². The maximum Gasteiger partial charge on any atom is 0.119 e. The first-order chi connectivity index (χ1) is 8.69. The third-order valence-corrected chi connectivity index (χ3v) is 3.53. The second-order valence-corrected chi connectivity index (χ2v) is 5.03. The van der Waals surface area contributed by atoms with Crippen LogP contribution in [0.15, 0.2) is 24.3 Å². The van der Waals surface area contributed by atoms with Crippen LogP contribution < -0.4 is 10.1 Å². The fourth-order valence-corrected chi connectivity index (χ4v) is 2.04. The van der Waals surface area contributed by atoms with Crippen molar-refractivity contribution in [2.24, 2.45) is 5.41 Å². The molecule has 1 atom stereocenters. The van der Waals surface area contributed by atoms with E-state index in [1.807, 2.05) is 18.2 Å². The Bertz CT molecular complexity index is 385. The Morgan fingerprint density at radius 2 is 2.28 bits per heavy atom. The van der Waals surface area contributed by atoms with Gasteiger partial charge in [-0.05, 0) is 24.6 Å². The van der Waals surface area contributed by atoms with Crippen LogP contribution in [-0.2, 0) is 4.74 Å². The van der Waals surface area contributed by atoms with E-state index in [-0.39, 0.29) is 18.1 Å². The molecule has 0 spiro atoms. The molecule has 2 N–H and O–H groups in total. The summed E-state index contributed by atoms with van der Waals surface area (Å²) in [7, 11) is 1.67. The van der Waals surface area contributed by atoms with Gasteiger partial charge < -0.3 is 19.9 Å². The molecule has 0 bridgehead atoms. The molecule has 1 heterocycles. The highest BCUT2D eigenvalue weighted by molar-refractivity contribution is 5.30. The average Bonchev–Trinajstić information content (AvgIpc) is 2.38. The zero-order valence-corrected chi connectivity index (χ0v) is 11.0. The standard InChI is InChI=1S/C14H21NO3/c1-11(12-4-3-5-13(6-12)17-2)15-7-14(8-16)9-18-10-14/h3-6,11,15-16H,7-10H2,1-2H3. The molecule has 0 aliphatic carbocycles. The van der Waals surface area contributed by atoms with Crippen molar-refractivity contribution in [3.8, 4) is 5.75 Å². The minimum atomic E-state index is -0.0902. The van der Waals surface area contributed by atoms with E-state index in [0.717, 1.165) is 12.3 Å². The van der Waals surface area contributed by atoms with E-state index in [9.17, 15) is 5.11 Å². The summed E-state index contributed by atoms with van der Waals surface area (Å²) in [4.78, 5) is 0. The first kappa shape index (κ1) is 13.3. The van der Waals surface area contributed by atoms with Gasteiger partial charge in [-0.2, -0.15) is 0 Å². The summed E-state index contributed by atoms with van der Waals surface area (Å²) >= 11 is 0. The van der Waals surface area contributed by atoms with Gasteiger partial charge in [0.1, 0.15) is 5.75 Å². The van der Waals surface area contributed by atoms with Crippen molar-refractivity contribution in [1.29, 1.82) is 0 Å². The summed E-state index contributed by atoms with van der Waals surface area (Å²) in [6, 6.07) is 8.25. The van der Waals surface area contributed by atoms with Crippen LogP contribution in [0.4, 0.5) is 0 Å². The third kappa shape index (κ3) is 2.83. The van der Waals surface area contributed by atoms with Crippen molar-refractivity contribution in [1.82, 2.24) is 5.32 Å². The summed E-state index contributed by atoms with van der Waals surface area (Å²) in [5.41, 5.74) is 1.09.